The van der Waals surface area contributed by atoms with Gasteiger partial charge in [-0.2, -0.15) is 12.1 Å². The third-order valence-electron chi connectivity index (χ3n) is 1.52. The standard InChI is InChI=1S/C6H8N.C5H5.Fe/c7-5-6-3-1-2-4-6;1-2-4-5-3-1;/h1-4H,5,7H2;1-5H;/q-1;-5;. The van der Waals surface area contributed by atoms with Crippen LogP contribution in [-0.2, 0) is 23.6 Å². The van der Waals surface area contributed by atoms with Gasteiger partial charge in [-0.05, 0) is 6.54 Å². The molecule has 76 valence electrons. The zero-order valence-corrected chi connectivity index (χ0v) is 8.44. The molecule has 0 unspecified atom stereocenters. The summed E-state index contributed by atoms with van der Waals surface area (Å²) in [7, 11) is 0. The molecule has 0 aliphatic heterocycles. The summed E-state index contributed by atoms with van der Waals surface area (Å²) in [4.78, 5) is 0. The van der Waals surface area contributed by atoms with Crippen molar-refractivity contribution in [3.63, 3.8) is 0 Å². The molecule has 0 fully saturated rings. The third kappa shape index (κ3) is 5.42. The molecule has 0 atom stereocenters. The second-order valence-electron chi connectivity index (χ2n) is 2.46. The number of hydrogen-bond donors (Lipinski definition) is 1. The summed E-state index contributed by atoms with van der Waals surface area (Å²) in [6, 6.07) is 18.0. The predicted molar refractivity (Wildman–Crippen MR) is 52.0 cm³/mol. The molecule has 0 spiro atoms. The van der Waals surface area contributed by atoms with Gasteiger partial charge in [0.2, 0.25) is 0 Å². The molecule has 0 saturated heterocycles. The number of rotatable bonds is 1. The topological polar surface area (TPSA) is 26.0 Å². The van der Waals surface area contributed by atoms with Crippen molar-refractivity contribution >= 4 is 0 Å². The van der Waals surface area contributed by atoms with Crippen molar-refractivity contribution in [3.8, 4) is 0 Å². The average Bonchev–Trinajstić information content (AvgIpc) is 2.81. The molecular weight excluding hydrogens is 202 g/mol. The minimum absolute atomic E-state index is 0. The van der Waals surface area contributed by atoms with Crippen LogP contribution in [0.3, 0.4) is 0 Å². The van der Waals surface area contributed by atoms with E-state index in [0.29, 0.717) is 6.54 Å². The van der Waals surface area contributed by atoms with Crippen molar-refractivity contribution in [1.82, 2.24) is 0 Å². The first-order chi connectivity index (χ1) is 5.93. The molecular formula is C11H13FeN-6. The molecule has 2 aromatic rings. The molecule has 0 bridgehead atoms. The van der Waals surface area contributed by atoms with Gasteiger partial charge in [0.15, 0.2) is 0 Å². The van der Waals surface area contributed by atoms with Crippen LogP contribution in [-0.4, -0.2) is 0 Å². The minimum atomic E-state index is 0. The van der Waals surface area contributed by atoms with Crippen LogP contribution in [0, 0.1) is 0 Å². The van der Waals surface area contributed by atoms with Gasteiger partial charge in [-0.1, -0.05) is 0 Å². The van der Waals surface area contributed by atoms with Crippen molar-refractivity contribution in [2.75, 3.05) is 0 Å². The summed E-state index contributed by atoms with van der Waals surface area (Å²) in [5.41, 5.74) is 6.50. The Morgan fingerprint density at radius 2 is 1.31 bits per heavy atom. The molecule has 2 aromatic carbocycles. The van der Waals surface area contributed by atoms with Crippen molar-refractivity contribution < 1.29 is 17.1 Å². The van der Waals surface area contributed by atoms with Gasteiger partial charge in [0, 0.05) is 17.1 Å². The Morgan fingerprint density at radius 3 is 1.54 bits per heavy atom. The van der Waals surface area contributed by atoms with Crippen LogP contribution >= 0.6 is 0 Å². The van der Waals surface area contributed by atoms with Gasteiger partial charge in [-0.15, -0.1) is 5.56 Å². The molecule has 13 heavy (non-hydrogen) atoms. The largest absolute Gasteiger partial charge is 0.748 e. The van der Waals surface area contributed by atoms with E-state index in [1.165, 1.54) is 5.56 Å². The Labute approximate surface area is 89.8 Å². The van der Waals surface area contributed by atoms with Crippen LogP contribution in [0.15, 0.2) is 54.6 Å². The first-order valence-electron chi connectivity index (χ1n) is 4.01. The second-order valence-corrected chi connectivity index (χ2v) is 2.46. The van der Waals surface area contributed by atoms with Gasteiger partial charge in [0.1, 0.15) is 0 Å². The van der Waals surface area contributed by atoms with Gasteiger partial charge < -0.3 is 36.1 Å². The number of nitrogens with two attached hydrogens (primary N) is 1. The fraction of sp³-hybridized carbons (Fsp3) is 0.0909. The molecule has 0 radical (unpaired) electrons. The van der Waals surface area contributed by atoms with Crippen molar-refractivity contribution in [2.24, 2.45) is 5.73 Å². The van der Waals surface area contributed by atoms with E-state index >= 15 is 0 Å². The van der Waals surface area contributed by atoms with Crippen LogP contribution in [0.5, 0.6) is 0 Å². The summed E-state index contributed by atoms with van der Waals surface area (Å²) < 4.78 is 0. The Balaban J connectivity index is 0.000000215. The van der Waals surface area contributed by atoms with Crippen molar-refractivity contribution in [3.05, 3.63) is 60.2 Å². The summed E-state index contributed by atoms with van der Waals surface area (Å²) >= 11 is 0. The fourth-order valence-electron chi connectivity index (χ4n) is 0.871. The zero-order valence-electron chi connectivity index (χ0n) is 7.33. The smallest absolute Gasteiger partial charge is 0 e. The molecule has 0 aliphatic carbocycles. The van der Waals surface area contributed by atoms with Crippen LogP contribution < -0.4 is 5.73 Å². The van der Waals surface area contributed by atoms with Gasteiger partial charge in [0.25, 0.3) is 0 Å². The second kappa shape index (κ2) is 7.81. The first-order valence-corrected chi connectivity index (χ1v) is 4.01. The molecule has 0 heterocycles. The van der Waals surface area contributed by atoms with E-state index in [1.807, 2.05) is 54.6 Å². The van der Waals surface area contributed by atoms with Crippen LogP contribution in [0.2, 0.25) is 0 Å². The fourth-order valence-corrected chi connectivity index (χ4v) is 0.871. The third-order valence-corrected chi connectivity index (χ3v) is 1.52. The molecule has 0 saturated carbocycles. The molecule has 0 aliphatic rings. The van der Waals surface area contributed by atoms with Gasteiger partial charge >= 0.3 is 0 Å². The van der Waals surface area contributed by atoms with E-state index in [1.54, 1.807) is 0 Å². The van der Waals surface area contributed by atoms with E-state index in [-0.39, 0.29) is 17.1 Å². The monoisotopic (exact) mass is 215 g/mol. The van der Waals surface area contributed by atoms with E-state index in [0.717, 1.165) is 0 Å². The molecule has 1 nitrogen and oxygen atoms in total. The zero-order chi connectivity index (χ0) is 8.65. The SMILES string of the molecule is NC[c-]1cccc1.[Fe].[cH-]1[cH-][cH-][cH-][cH-]1. The maximum atomic E-state index is 5.29. The van der Waals surface area contributed by atoms with E-state index in [2.05, 4.69) is 0 Å². The maximum Gasteiger partial charge on any atom is 0 e. The normalized spacial score (nSPS) is 8.08. The Morgan fingerprint density at radius 1 is 0.923 bits per heavy atom. The Bertz CT molecular complexity index is 241. The quantitative estimate of drug-likeness (QED) is 0.573. The van der Waals surface area contributed by atoms with Gasteiger partial charge in [-0.3, -0.25) is 0 Å². The number of hydrogen-bond acceptors (Lipinski definition) is 1. The average molecular weight is 215 g/mol. The minimum Gasteiger partial charge on any atom is -0.748 e. The van der Waals surface area contributed by atoms with Gasteiger partial charge in [-0.25, -0.2) is 12.1 Å². The summed E-state index contributed by atoms with van der Waals surface area (Å²) in [6.45, 7) is 0.660. The summed E-state index contributed by atoms with van der Waals surface area (Å²) in [5, 5.41) is 0. The van der Waals surface area contributed by atoms with Gasteiger partial charge in [0.05, 0.1) is 0 Å². The molecule has 2 rings (SSSR count). The molecule has 0 amide bonds. The predicted octanol–water partition coefficient (Wildman–Crippen LogP) is 2.27. The first kappa shape index (κ1) is 12.2. The van der Waals surface area contributed by atoms with Crippen LogP contribution in [0.4, 0.5) is 0 Å². The Kier molecular flexibility index (Phi) is 7.32. The van der Waals surface area contributed by atoms with Crippen LogP contribution in [0.25, 0.3) is 0 Å². The molecule has 2 heteroatoms. The molecule has 0 aromatic heterocycles. The van der Waals surface area contributed by atoms with Crippen LogP contribution in [0.1, 0.15) is 5.56 Å². The van der Waals surface area contributed by atoms with Crippen molar-refractivity contribution in [2.45, 2.75) is 6.54 Å². The summed E-state index contributed by atoms with van der Waals surface area (Å²) in [6.07, 6.45) is 0. The maximum absolute atomic E-state index is 5.29. The van der Waals surface area contributed by atoms with E-state index in [9.17, 15) is 0 Å². The van der Waals surface area contributed by atoms with E-state index < -0.39 is 0 Å². The summed E-state index contributed by atoms with van der Waals surface area (Å²) in [5.74, 6) is 0. The van der Waals surface area contributed by atoms with E-state index in [4.69, 9.17) is 5.73 Å². The molecule has 2 N–H and O–H groups in total. The van der Waals surface area contributed by atoms with Crippen molar-refractivity contribution in [1.29, 1.82) is 0 Å². The Hall–Kier alpha value is -0.821.